The van der Waals surface area contributed by atoms with E-state index < -0.39 is 11.7 Å². The number of aromatic nitrogens is 2. The van der Waals surface area contributed by atoms with Crippen LogP contribution in [0.1, 0.15) is 42.8 Å². The zero-order valence-corrected chi connectivity index (χ0v) is 17.3. The smallest absolute Gasteiger partial charge is 0.416 e. The van der Waals surface area contributed by atoms with Gasteiger partial charge in [0, 0.05) is 18.7 Å². The summed E-state index contributed by atoms with van der Waals surface area (Å²) in [5, 5.41) is 7.32. The summed E-state index contributed by atoms with van der Waals surface area (Å²) in [6.45, 7) is 9.56. The third-order valence-electron chi connectivity index (χ3n) is 4.55. The van der Waals surface area contributed by atoms with Crippen molar-refractivity contribution in [1.82, 2.24) is 15.1 Å². The molecule has 8 heteroatoms. The van der Waals surface area contributed by atoms with Crippen LogP contribution in [0.2, 0.25) is 0 Å². The van der Waals surface area contributed by atoms with Gasteiger partial charge in [-0.2, -0.15) is 18.3 Å². The molecule has 0 atom stereocenters. The van der Waals surface area contributed by atoms with Crippen LogP contribution in [0.4, 0.5) is 13.2 Å². The maximum absolute atomic E-state index is 12.5. The van der Waals surface area contributed by atoms with E-state index in [0.29, 0.717) is 24.5 Å². The Hall–Kier alpha value is -2.51. The molecule has 1 aromatic heterocycles. The first-order valence-corrected chi connectivity index (χ1v) is 9.67. The maximum Gasteiger partial charge on any atom is 0.416 e. The number of ether oxygens (including phenoxy) is 1. The highest BCUT2D eigenvalue weighted by molar-refractivity contribution is 5.76. The van der Waals surface area contributed by atoms with Crippen molar-refractivity contribution in [2.24, 2.45) is 5.92 Å². The molecule has 0 saturated carbocycles. The van der Waals surface area contributed by atoms with Crippen molar-refractivity contribution in [3.63, 3.8) is 0 Å². The number of carbonyl (C=O) groups excluding carboxylic acids is 1. The fourth-order valence-electron chi connectivity index (χ4n) is 3.05. The van der Waals surface area contributed by atoms with E-state index in [4.69, 9.17) is 4.74 Å². The van der Waals surface area contributed by atoms with Crippen LogP contribution in [0.15, 0.2) is 24.3 Å². The summed E-state index contributed by atoms with van der Waals surface area (Å²) in [5.74, 6) is 0.723. The lowest BCUT2D eigenvalue weighted by Crippen LogP contribution is -2.28. The van der Waals surface area contributed by atoms with E-state index in [1.807, 2.05) is 18.5 Å². The molecule has 0 radical (unpaired) electrons. The van der Waals surface area contributed by atoms with E-state index in [9.17, 15) is 18.0 Å². The summed E-state index contributed by atoms with van der Waals surface area (Å²) in [6, 6.07) is 4.48. The lowest BCUT2D eigenvalue weighted by molar-refractivity contribution is -0.137. The van der Waals surface area contributed by atoms with Gasteiger partial charge >= 0.3 is 6.18 Å². The highest BCUT2D eigenvalue weighted by atomic mass is 19.4. The first-order chi connectivity index (χ1) is 13.6. The molecule has 0 spiro atoms. The lowest BCUT2D eigenvalue weighted by Gasteiger charge is -2.10. The van der Waals surface area contributed by atoms with Crippen molar-refractivity contribution in [2.45, 2.75) is 53.3 Å². The summed E-state index contributed by atoms with van der Waals surface area (Å²) in [5.41, 5.74) is 2.42. The third-order valence-corrected chi connectivity index (χ3v) is 4.55. The molecule has 1 heterocycles. The van der Waals surface area contributed by atoms with Crippen molar-refractivity contribution in [3.05, 3.63) is 46.8 Å². The van der Waals surface area contributed by atoms with Crippen LogP contribution in [0.5, 0.6) is 5.75 Å². The molecule has 29 heavy (non-hydrogen) atoms. The second-order valence-corrected chi connectivity index (χ2v) is 7.45. The fraction of sp³-hybridized carbons (Fsp3) is 0.524. The average Bonchev–Trinajstić information content (AvgIpc) is 2.89. The molecule has 0 unspecified atom stereocenters. The van der Waals surface area contributed by atoms with Gasteiger partial charge in [0.1, 0.15) is 12.4 Å². The highest BCUT2D eigenvalue weighted by Gasteiger charge is 2.30. The summed E-state index contributed by atoms with van der Waals surface area (Å²) in [4.78, 5) is 12.1. The molecule has 2 aromatic rings. The Morgan fingerprint density at radius 3 is 2.45 bits per heavy atom. The minimum Gasteiger partial charge on any atom is -0.492 e. The number of nitrogens with one attached hydrogen (secondary N) is 1. The molecule has 0 aliphatic carbocycles. The van der Waals surface area contributed by atoms with E-state index in [2.05, 4.69) is 24.3 Å². The maximum atomic E-state index is 12.5. The van der Waals surface area contributed by atoms with Gasteiger partial charge in [0.05, 0.1) is 17.8 Å². The average molecular weight is 411 g/mol. The van der Waals surface area contributed by atoms with Gasteiger partial charge in [0.2, 0.25) is 5.91 Å². The predicted molar refractivity (Wildman–Crippen MR) is 105 cm³/mol. The highest BCUT2D eigenvalue weighted by Crippen LogP contribution is 2.30. The standard InChI is InChI=1S/C21H28F3N3O2/c1-14(2)13-27-16(4)19(15(3)26-27)9-10-20(28)25-11-12-29-18-7-5-17(6-8-18)21(22,23)24/h5-8,14H,9-13H2,1-4H3,(H,25,28). The van der Waals surface area contributed by atoms with Crippen LogP contribution >= 0.6 is 0 Å². The molecule has 0 fully saturated rings. The number of carbonyl (C=O) groups is 1. The predicted octanol–water partition coefficient (Wildman–Crippen LogP) is 4.30. The van der Waals surface area contributed by atoms with Crippen LogP contribution in [0, 0.1) is 19.8 Å². The number of rotatable bonds is 9. The van der Waals surface area contributed by atoms with Crippen LogP contribution in [-0.4, -0.2) is 28.8 Å². The summed E-state index contributed by atoms with van der Waals surface area (Å²) in [7, 11) is 0. The van der Waals surface area contributed by atoms with Crippen molar-refractivity contribution < 1.29 is 22.7 Å². The molecule has 1 aromatic carbocycles. The number of alkyl halides is 3. The molecular weight excluding hydrogens is 383 g/mol. The number of hydrogen-bond donors (Lipinski definition) is 1. The summed E-state index contributed by atoms with van der Waals surface area (Å²) < 4.78 is 44.9. The normalized spacial score (nSPS) is 11.7. The molecule has 1 amide bonds. The molecule has 2 rings (SSSR count). The zero-order valence-electron chi connectivity index (χ0n) is 17.3. The van der Waals surface area contributed by atoms with Gasteiger partial charge in [-0.3, -0.25) is 9.48 Å². The summed E-state index contributed by atoms with van der Waals surface area (Å²) in [6.07, 6.45) is -3.41. The Morgan fingerprint density at radius 1 is 1.21 bits per heavy atom. The van der Waals surface area contributed by atoms with Crippen molar-refractivity contribution >= 4 is 5.91 Å². The molecule has 0 aliphatic rings. The van der Waals surface area contributed by atoms with E-state index in [1.54, 1.807) is 0 Å². The van der Waals surface area contributed by atoms with E-state index in [0.717, 1.165) is 35.6 Å². The first kappa shape index (κ1) is 22.8. The minimum atomic E-state index is -4.37. The Morgan fingerprint density at radius 2 is 1.86 bits per heavy atom. The molecular formula is C21H28F3N3O2. The van der Waals surface area contributed by atoms with Gasteiger partial charge in [-0.1, -0.05) is 13.8 Å². The number of amides is 1. The van der Waals surface area contributed by atoms with Gasteiger partial charge in [-0.25, -0.2) is 0 Å². The summed E-state index contributed by atoms with van der Waals surface area (Å²) >= 11 is 0. The van der Waals surface area contributed by atoms with Crippen LogP contribution in [-0.2, 0) is 23.9 Å². The fourth-order valence-corrected chi connectivity index (χ4v) is 3.05. The molecule has 0 saturated heterocycles. The molecule has 0 aliphatic heterocycles. The van der Waals surface area contributed by atoms with Gasteiger partial charge in [0.25, 0.3) is 0 Å². The van der Waals surface area contributed by atoms with E-state index in [-0.39, 0.29) is 19.1 Å². The largest absolute Gasteiger partial charge is 0.492 e. The van der Waals surface area contributed by atoms with Gasteiger partial charge in [0.15, 0.2) is 0 Å². The second-order valence-electron chi connectivity index (χ2n) is 7.45. The molecule has 160 valence electrons. The monoisotopic (exact) mass is 411 g/mol. The number of halogens is 3. The first-order valence-electron chi connectivity index (χ1n) is 9.67. The van der Waals surface area contributed by atoms with Crippen molar-refractivity contribution in [1.29, 1.82) is 0 Å². The SMILES string of the molecule is Cc1nn(CC(C)C)c(C)c1CCC(=O)NCCOc1ccc(C(F)(F)F)cc1. The number of benzene rings is 1. The molecule has 1 N–H and O–H groups in total. The van der Waals surface area contributed by atoms with Gasteiger partial charge in [-0.15, -0.1) is 0 Å². The Labute approximate surface area is 169 Å². The topological polar surface area (TPSA) is 56.2 Å². The van der Waals surface area contributed by atoms with Crippen molar-refractivity contribution in [2.75, 3.05) is 13.2 Å². The second kappa shape index (κ2) is 9.80. The van der Waals surface area contributed by atoms with Crippen LogP contribution < -0.4 is 10.1 Å². The molecule has 0 bridgehead atoms. The number of nitrogens with zero attached hydrogens (tertiary/aromatic N) is 2. The third kappa shape index (κ3) is 6.80. The Kier molecular flexibility index (Phi) is 7.70. The Bertz CT molecular complexity index is 812. The zero-order chi connectivity index (χ0) is 21.6. The van der Waals surface area contributed by atoms with E-state index >= 15 is 0 Å². The van der Waals surface area contributed by atoms with Crippen LogP contribution in [0.3, 0.4) is 0 Å². The lowest BCUT2D eigenvalue weighted by atomic mass is 10.1. The van der Waals surface area contributed by atoms with E-state index in [1.165, 1.54) is 12.1 Å². The molecule has 5 nitrogen and oxygen atoms in total. The number of hydrogen-bond acceptors (Lipinski definition) is 3. The van der Waals surface area contributed by atoms with Crippen LogP contribution in [0.25, 0.3) is 0 Å². The van der Waals surface area contributed by atoms with Crippen molar-refractivity contribution in [3.8, 4) is 5.75 Å². The Balaban J connectivity index is 1.73. The van der Waals surface area contributed by atoms with Gasteiger partial charge < -0.3 is 10.1 Å². The minimum absolute atomic E-state index is 0.101. The quantitative estimate of drug-likeness (QED) is 0.626. The van der Waals surface area contributed by atoms with Gasteiger partial charge in [-0.05, 0) is 56.0 Å². The number of aryl methyl sites for hydroxylation is 1.